The minimum absolute atomic E-state index is 0.988. The van der Waals surface area contributed by atoms with E-state index < -0.39 is 19.2 Å². The summed E-state index contributed by atoms with van der Waals surface area (Å²) in [5.41, 5.74) is 0. The molecule has 2 nitrogen and oxygen atoms in total. The molecule has 1 saturated heterocycles. The van der Waals surface area contributed by atoms with Crippen molar-refractivity contribution in [1.29, 1.82) is 0 Å². The Morgan fingerprint density at radius 3 is 1.39 bits per heavy atom. The first-order valence-corrected chi connectivity index (χ1v) is 17.0. The van der Waals surface area contributed by atoms with Crippen LogP contribution in [0, 0.1) is 0 Å². The molecule has 0 amide bonds. The van der Waals surface area contributed by atoms with Gasteiger partial charge in [-0.3, -0.25) is 0 Å². The van der Waals surface area contributed by atoms with Gasteiger partial charge in [0.15, 0.2) is 0 Å². The quantitative estimate of drug-likeness (QED) is 0.217. The van der Waals surface area contributed by atoms with Gasteiger partial charge >= 0.3 is 151 Å². The molecule has 23 heavy (non-hydrogen) atoms. The van der Waals surface area contributed by atoms with Crippen molar-refractivity contribution in [2.45, 2.75) is 113 Å². The zero-order valence-electron chi connectivity index (χ0n) is 16.0. The standard InChI is InChI=1S/2C8H17.C4H8O2.Sn/c2*1-3-5-7-8-6-4-2;5-3-1-2-4-6;/h2*1,3-8H2,2H3;1-4H2;/q;;-2;+2. The summed E-state index contributed by atoms with van der Waals surface area (Å²) in [6.07, 6.45) is 19.1. The molecule has 0 aliphatic carbocycles. The molecule has 0 aromatic rings. The zero-order chi connectivity index (χ0) is 16.6. The van der Waals surface area contributed by atoms with Gasteiger partial charge in [0.25, 0.3) is 0 Å². The third kappa shape index (κ3) is 11.0. The summed E-state index contributed by atoms with van der Waals surface area (Å²) in [6.45, 7) is 6.56. The summed E-state index contributed by atoms with van der Waals surface area (Å²) < 4.78 is 15.5. The molecule has 1 fully saturated rings. The third-order valence-corrected chi connectivity index (χ3v) is 15.6. The average molecular weight is 433 g/mol. The Labute approximate surface area is 151 Å². The maximum absolute atomic E-state index is 6.43. The normalized spacial score (nSPS) is 18.0. The van der Waals surface area contributed by atoms with Gasteiger partial charge in [-0.25, -0.2) is 0 Å². The number of hydrogen-bond acceptors (Lipinski definition) is 2. The van der Waals surface area contributed by atoms with E-state index in [0.717, 1.165) is 13.2 Å². The van der Waals surface area contributed by atoms with E-state index in [1.165, 1.54) is 98.8 Å². The molecule has 0 radical (unpaired) electrons. The van der Waals surface area contributed by atoms with E-state index in [-0.39, 0.29) is 0 Å². The first-order valence-electron chi connectivity index (χ1n) is 10.6. The number of unbranched alkanes of at least 4 members (excludes halogenated alkanes) is 10. The fourth-order valence-corrected chi connectivity index (χ4v) is 13.6. The Hall–Kier alpha value is 0.719. The fraction of sp³-hybridized carbons (Fsp3) is 1.00. The van der Waals surface area contributed by atoms with Crippen LogP contribution in [0.2, 0.25) is 8.87 Å². The Balaban J connectivity index is 2.25. The molecule has 0 bridgehead atoms. The Morgan fingerprint density at radius 1 is 0.565 bits per heavy atom. The van der Waals surface area contributed by atoms with Gasteiger partial charge in [-0.2, -0.15) is 0 Å². The van der Waals surface area contributed by atoms with E-state index in [1.54, 1.807) is 0 Å². The molecular formula is C20H42O2Sn. The minimum atomic E-state index is -2.70. The van der Waals surface area contributed by atoms with Crippen molar-refractivity contribution in [3.63, 3.8) is 0 Å². The topological polar surface area (TPSA) is 18.5 Å². The molecule has 0 atom stereocenters. The Kier molecular flexibility index (Phi) is 14.2. The molecule has 0 aromatic heterocycles. The summed E-state index contributed by atoms with van der Waals surface area (Å²) in [7, 11) is 0. The van der Waals surface area contributed by atoms with Gasteiger partial charge in [-0.05, 0) is 0 Å². The molecule has 0 aromatic carbocycles. The van der Waals surface area contributed by atoms with Gasteiger partial charge in [0.2, 0.25) is 0 Å². The second-order valence-electron chi connectivity index (χ2n) is 7.35. The molecule has 138 valence electrons. The van der Waals surface area contributed by atoms with Gasteiger partial charge in [0.05, 0.1) is 0 Å². The molecule has 3 heteroatoms. The van der Waals surface area contributed by atoms with Crippen molar-refractivity contribution in [2.24, 2.45) is 0 Å². The van der Waals surface area contributed by atoms with Crippen LogP contribution in [-0.4, -0.2) is 32.4 Å². The van der Waals surface area contributed by atoms with Gasteiger partial charge in [-0.15, -0.1) is 0 Å². The summed E-state index contributed by atoms with van der Waals surface area (Å²) in [4.78, 5) is 0. The summed E-state index contributed by atoms with van der Waals surface area (Å²) in [6, 6.07) is 0. The zero-order valence-corrected chi connectivity index (χ0v) is 18.9. The van der Waals surface area contributed by atoms with Gasteiger partial charge in [0.1, 0.15) is 0 Å². The second kappa shape index (κ2) is 15.0. The molecule has 1 aliphatic rings. The Morgan fingerprint density at radius 2 is 0.957 bits per heavy atom. The van der Waals surface area contributed by atoms with E-state index in [2.05, 4.69) is 13.8 Å². The van der Waals surface area contributed by atoms with Crippen molar-refractivity contribution >= 4 is 19.2 Å². The first kappa shape index (κ1) is 21.8. The van der Waals surface area contributed by atoms with Crippen LogP contribution in [0.5, 0.6) is 0 Å². The summed E-state index contributed by atoms with van der Waals surface area (Å²) >= 11 is -2.70. The predicted octanol–water partition coefficient (Wildman–Crippen LogP) is 6.98. The average Bonchev–Trinajstić information content (AvgIpc) is 2.80. The van der Waals surface area contributed by atoms with Crippen molar-refractivity contribution < 1.29 is 6.15 Å². The summed E-state index contributed by atoms with van der Waals surface area (Å²) in [5.74, 6) is 0. The van der Waals surface area contributed by atoms with Gasteiger partial charge < -0.3 is 0 Å². The molecule has 0 unspecified atom stereocenters. The third-order valence-electron chi connectivity index (χ3n) is 5.09. The number of rotatable bonds is 14. The van der Waals surface area contributed by atoms with Crippen LogP contribution in [-0.2, 0) is 6.15 Å². The van der Waals surface area contributed by atoms with E-state index in [0.29, 0.717) is 0 Å². The second-order valence-corrected chi connectivity index (χ2v) is 17.1. The van der Waals surface area contributed by atoms with Gasteiger partial charge in [0, 0.05) is 0 Å². The molecule has 0 spiro atoms. The van der Waals surface area contributed by atoms with Crippen molar-refractivity contribution in [3.8, 4) is 0 Å². The molecule has 1 aliphatic heterocycles. The van der Waals surface area contributed by atoms with E-state index >= 15 is 0 Å². The maximum atomic E-state index is 6.43. The fourth-order valence-electron chi connectivity index (χ4n) is 3.53. The molecule has 0 N–H and O–H groups in total. The SMILES string of the molecule is CCCCCCC[CH2][Sn]1([CH2]CCCCCCC)[O]CCCC[O]1. The number of hydrogen-bond donors (Lipinski definition) is 0. The monoisotopic (exact) mass is 434 g/mol. The molecule has 0 saturated carbocycles. The van der Waals surface area contributed by atoms with E-state index in [1.807, 2.05) is 0 Å². The van der Waals surface area contributed by atoms with Crippen molar-refractivity contribution in [1.82, 2.24) is 0 Å². The van der Waals surface area contributed by atoms with Crippen molar-refractivity contribution in [3.05, 3.63) is 0 Å². The van der Waals surface area contributed by atoms with Crippen LogP contribution in [0.4, 0.5) is 0 Å². The molecular weight excluding hydrogens is 391 g/mol. The van der Waals surface area contributed by atoms with Crippen molar-refractivity contribution in [2.75, 3.05) is 13.2 Å². The van der Waals surface area contributed by atoms with Crippen LogP contribution in [0.25, 0.3) is 0 Å². The molecule has 1 heterocycles. The Bertz CT molecular complexity index is 232. The predicted molar refractivity (Wildman–Crippen MR) is 103 cm³/mol. The first-order chi connectivity index (χ1) is 11.3. The van der Waals surface area contributed by atoms with Crippen LogP contribution < -0.4 is 0 Å². The van der Waals surface area contributed by atoms with E-state index in [4.69, 9.17) is 6.15 Å². The van der Waals surface area contributed by atoms with Gasteiger partial charge in [-0.1, -0.05) is 0 Å². The van der Waals surface area contributed by atoms with Crippen LogP contribution >= 0.6 is 0 Å². The van der Waals surface area contributed by atoms with Crippen LogP contribution in [0.15, 0.2) is 0 Å². The van der Waals surface area contributed by atoms with Crippen LogP contribution in [0.1, 0.15) is 104 Å². The van der Waals surface area contributed by atoms with E-state index in [9.17, 15) is 0 Å². The molecule has 1 rings (SSSR count). The summed E-state index contributed by atoms with van der Waals surface area (Å²) in [5, 5.41) is 0. The van der Waals surface area contributed by atoms with Crippen LogP contribution in [0.3, 0.4) is 0 Å².